The SMILES string of the molecule is O=C(CCS(=O)(=O)Cl)N1CCOCC1. The van der Waals surface area contributed by atoms with Crippen molar-refractivity contribution in [1.82, 2.24) is 4.90 Å². The summed E-state index contributed by atoms with van der Waals surface area (Å²) in [6.07, 6.45) is -0.0498. The Hall–Kier alpha value is -0.330. The molecule has 5 nitrogen and oxygen atoms in total. The van der Waals surface area contributed by atoms with Crippen LogP contribution in [0.1, 0.15) is 6.42 Å². The van der Waals surface area contributed by atoms with Crippen LogP contribution in [0.15, 0.2) is 0 Å². The summed E-state index contributed by atoms with van der Waals surface area (Å²) in [5, 5.41) is 0. The van der Waals surface area contributed by atoms with E-state index in [0.717, 1.165) is 0 Å². The van der Waals surface area contributed by atoms with Crippen LogP contribution in [0.3, 0.4) is 0 Å². The van der Waals surface area contributed by atoms with Gasteiger partial charge in [0.1, 0.15) is 0 Å². The molecule has 82 valence electrons. The van der Waals surface area contributed by atoms with E-state index in [-0.39, 0.29) is 18.1 Å². The largest absolute Gasteiger partial charge is 0.378 e. The maximum atomic E-state index is 11.4. The fourth-order valence-corrected chi connectivity index (χ4v) is 1.83. The van der Waals surface area contributed by atoms with Crippen molar-refractivity contribution in [3.05, 3.63) is 0 Å². The zero-order valence-electron chi connectivity index (χ0n) is 7.61. The molecule has 0 N–H and O–H groups in total. The van der Waals surface area contributed by atoms with Gasteiger partial charge in [0.25, 0.3) is 0 Å². The molecule has 1 saturated heterocycles. The second kappa shape index (κ2) is 4.95. The van der Waals surface area contributed by atoms with Crippen molar-refractivity contribution in [3.8, 4) is 0 Å². The predicted octanol–water partition coefficient (Wildman–Crippen LogP) is -0.196. The molecule has 0 spiro atoms. The van der Waals surface area contributed by atoms with Gasteiger partial charge in [-0.2, -0.15) is 0 Å². The number of carbonyl (C=O) groups is 1. The molecule has 0 saturated carbocycles. The average Bonchev–Trinajstić information content (AvgIpc) is 2.14. The Bertz CT molecular complexity index is 297. The minimum atomic E-state index is -3.56. The van der Waals surface area contributed by atoms with E-state index in [1.165, 1.54) is 0 Å². The maximum absolute atomic E-state index is 11.4. The average molecular weight is 242 g/mol. The zero-order valence-corrected chi connectivity index (χ0v) is 9.18. The first kappa shape index (κ1) is 11.7. The van der Waals surface area contributed by atoms with Gasteiger partial charge in [0.15, 0.2) is 0 Å². The molecule has 1 aliphatic heterocycles. The Morgan fingerprint density at radius 2 is 1.93 bits per heavy atom. The van der Waals surface area contributed by atoms with Crippen molar-refractivity contribution in [2.45, 2.75) is 6.42 Å². The Labute approximate surface area is 87.4 Å². The molecule has 0 aromatic heterocycles. The molecule has 1 amide bonds. The third-order valence-electron chi connectivity index (χ3n) is 1.92. The van der Waals surface area contributed by atoms with Crippen LogP contribution in [0.25, 0.3) is 0 Å². The molecule has 0 aromatic rings. The first-order valence-electron chi connectivity index (χ1n) is 4.27. The molecule has 1 aliphatic rings. The van der Waals surface area contributed by atoms with E-state index < -0.39 is 9.05 Å². The lowest BCUT2D eigenvalue weighted by Gasteiger charge is -2.26. The van der Waals surface area contributed by atoms with Crippen molar-refractivity contribution in [2.75, 3.05) is 32.1 Å². The van der Waals surface area contributed by atoms with Gasteiger partial charge in [-0.15, -0.1) is 0 Å². The topological polar surface area (TPSA) is 63.7 Å². The summed E-state index contributed by atoms with van der Waals surface area (Å²) >= 11 is 0. The first-order valence-corrected chi connectivity index (χ1v) is 6.75. The molecule has 0 radical (unpaired) electrons. The standard InChI is InChI=1S/C7H12ClNO4S/c8-14(11,12)6-1-7(10)9-2-4-13-5-3-9/h1-6H2. The summed E-state index contributed by atoms with van der Waals surface area (Å²) in [6, 6.07) is 0. The van der Waals surface area contributed by atoms with Crippen molar-refractivity contribution in [1.29, 1.82) is 0 Å². The summed E-state index contributed by atoms with van der Waals surface area (Å²) < 4.78 is 26.2. The van der Waals surface area contributed by atoms with E-state index >= 15 is 0 Å². The van der Waals surface area contributed by atoms with Crippen LogP contribution in [0, 0.1) is 0 Å². The van der Waals surface area contributed by atoms with E-state index in [9.17, 15) is 13.2 Å². The van der Waals surface area contributed by atoms with Crippen molar-refractivity contribution < 1.29 is 17.9 Å². The summed E-state index contributed by atoms with van der Waals surface area (Å²) in [6.45, 7) is 2.08. The van der Waals surface area contributed by atoms with Crippen LogP contribution in [-0.4, -0.2) is 51.3 Å². The summed E-state index contributed by atoms with van der Waals surface area (Å²) in [5.41, 5.74) is 0. The van der Waals surface area contributed by atoms with E-state index in [0.29, 0.717) is 26.3 Å². The van der Waals surface area contributed by atoms with E-state index in [4.69, 9.17) is 15.4 Å². The second-order valence-electron chi connectivity index (χ2n) is 2.99. The molecular formula is C7H12ClNO4S. The first-order chi connectivity index (χ1) is 6.49. The number of hydrogen-bond acceptors (Lipinski definition) is 4. The molecular weight excluding hydrogens is 230 g/mol. The fourth-order valence-electron chi connectivity index (χ4n) is 1.18. The van der Waals surface area contributed by atoms with Crippen LogP contribution >= 0.6 is 10.7 Å². The van der Waals surface area contributed by atoms with Gasteiger partial charge < -0.3 is 9.64 Å². The number of rotatable bonds is 3. The smallest absolute Gasteiger partial charge is 0.233 e. The molecule has 0 unspecified atom stereocenters. The molecule has 0 aliphatic carbocycles. The maximum Gasteiger partial charge on any atom is 0.233 e. The van der Waals surface area contributed by atoms with Gasteiger partial charge in [-0.05, 0) is 0 Å². The van der Waals surface area contributed by atoms with Gasteiger partial charge >= 0.3 is 0 Å². The van der Waals surface area contributed by atoms with Crippen LogP contribution < -0.4 is 0 Å². The predicted molar refractivity (Wildman–Crippen MR) is 51.7 cm³/mol. The number of morpholine rings is 1. The summed E-state index contributed by atoms with van der Waals surface area (Å²) in [5.74, 6) is -0.484. The molecule has 0 bridgehead atoms. The van der Waals surface area contributed by atoms with Crippen LogP contribution in [0.5, 0.6) is 0 Å². The third kappa shape index (κ3) is 4.26. The summed E-state index contributed by atoms with van der Waals surface area (Å²) in [7, 11) is 1.43. The van der Waals surface area contributed by atoms with E-state index in [1.54, 1.807) is 4.90 Å². The van der Waals surface area contributed by atoms with Crippen molar-refractivity contribution >= 4 is 25.6 Å². The van der Waals surface area contributed by atoms with Gasteiger partial charge in [-0.25, -0.2) is 8.42 Å². The Morgan fingerprint density at radius 1 is 1.36 bits per heavy atom. The van der Waals surface area contributed by atoms with Crippen molar-refractivity contribution in [2.24, 2.45) is 0 Å². The minimum Gasteiger partial charge on any atom is -0.378 e. The van der Waals surface area contributed by atoms with Crippen LogP contribution in [0.4, 0.5) is 0 Å². The second-order valence-corrected chi connectivity index (χ2v) is 5.88. The third-order valence-corrected chi connectivity index (χ3v) is 3.08. The lowest BCUT2D eigenvalue weighted by atomic mass is 10.3. The lowest BCUT2D eigenvalue weighted by molar-refractivity contribution is -0.134. The fraction of sp³-hybridized carbons (Fsp3) is 0.857. The molecule has 0 atom stereocenters. The number of amides is 1. The van der Waals surface area contributed by atoms with Gasteiger partial charge in [-0.3, -0.25) is 4.79 Å². The number of nitrogens with zero attached hydrogens (tertiary/aromatic N) is 1. The highest BCUT2D eigenvalue weighted by atomic mass is 35.7. The van der Waals surface area contributed by atoms with Gasteiger partial charge in [0.2, 0.25) is 15.0 Å². The number of ether oxygens (including phenoxy) is 1. The molecule has 1 rings (SSSR count). The number of hydrogen-bond donors (Lipinski definition) is 0. The Balaban J connectivity index is 2.34. The highest BCUT2D eigenvalue weighted by Gasteiger charge is 2.18. The van der Waals surface area contributed by atoms with Crippen LogP contribution in [-0.2, 0) is 18.6 Å². The zero-order chi connectivity index (χ0) is 10.6. The monoisotopic (exact) mass is 241 g/mol. The van der Waals surface area contributed by atoms with E-state index in [1.807, 2.05) is 0 Å². The van der Waals surface area contributed by atoms with E-state index in [2.05, 4.69) is 0 Å². The normalized spacial score (nSPS) is 18.2. The molecule has 7 heteroatoms. The van der Waals surface area contributed by atoms with Crippen molar-refractivity contribution in [3.63, 3.8) is 0 Å². The van der Waals surface area contributed by atoms with Crippen LogP contribution in [0.2, 0.25) is 0 Å². The number of carbonyl (C=O) groups excluding carboxylic acids is 1. The van der Waals surface area contributed by atoms with Gasteiger partial charge in [-0.1, -0.05) is 0 Å². The van der Waals surface area contributed by atoms with Gasteiger partial charge in [0, 0.05) is 30.2 Å². The summed E-state index contributed by atoms with van der Waals surface area (Å²) in [4.78, 5) is 13.0. The Kier molecular flexibility index (Phi) is 4.15. The molecule has 1 heterocycles. The Morgan fingerprint density at radius 3 is 2.43 bits per heavy atom. The molecule has 1 fully saturated rings. The lowest BCUT2D eigenvalue weighted by Crippen LogP contribution is -2.41. The minimum absolute atomic E-state index is 0.0498. The van der Waals surface area contributed by atoms with Gasteiger partial charge in [0.05, 0.1) is 19.0 Å². The molecule has 0 aromatic carbocycles. The number of halogens is 1. The molecule has 14 heavy (non-hydrogen) atoms. The quantitative estimate of drug-likeness (QED) is 0.643. The highest BCUT2D eigenvalue weighted by molar-refractivity contribution is 8.13. The highest BCUT2D eigenvalue weighted by Crippen LogP contribution is 2.04.